The molecule has 5 nitrogen and oxygen atoms in total. The van der Waals surface area contributed by atoms with E-state index < -0.39 is 28.7 Å². The van der Waals surface area contributed by atoms with Crippen LogP contribution in [0.2, 0.25) is 0 Å². The highest BCUT2D eigenvalue weighted by molar-refractivity contribution is 6.19. The Hall–Kier alpha value is -2.87. The highest BCUT2D eigenvalue weighted by atomic mass is 16.6. The molecule has 0 spiro atoms. The number of rotatable bonds is 3. The summed E-state index contributed by atoms with van der Waals surface area (Å²) in [7, 11) is 0. The predicted molar refractivity (Wildman–Crippen MR) is 91.7 cm³/mol. The summed E-state index contributed by atoms with van der Waals surface area (Å²) in [6, 6.07) is 6.90. The number of hydrogen-bond donors (Lipinski definition) is 0. The van der Waals surface area contributed by atoms with Crippen molar-refractivity contribution in [3.05, 3.63) is 48.0 Å². The lowest BCUT2D eigenvalue weighted by atomic mass is 9.84. The van der Waals surface area contributed by atoms with Crippen molar-refractivity contribution in [1.82, 2.24) is 0 Å². The van der Waals surface area contributed by atoms with E-state index in [0.29, 0.717) is 11.1 Å². The molecule has 1 atom stereocenters. The molecule has 0 N–H and O–H groups in total. The molecule has 0 heterocycles. The van der Waals surface area contributed by atoms with Gasteiger partial charge in [0, 0.05) is 17.9 Å². The summed E-state index contributed by atoms with van der Waals surface area (Å²) < 4.78 is 10.2. The zero-order valence-corrected chi connectivity index (χ0v) is 14.5. The van der Waals surface area contributed by atoms with Gasteiger partial charge in [-0.05, 0) is 26.3 Å². The smallest absolute Gasteiger partial charge is 0.384 e. The van der Waals surface area contributed by atoms with Crippen molar-refractivity contribution in [3.8, 4) is 11.8 Å². The fourth-order valence-electron chi connectivity index (χ4n) is 2.50. The van der Waals surface area contributed by atoms with E-state index >= 15 is 0 Å². The minimum absolute atomic E-state index is 0.00111. The van der Waals surface area contributed by atoms with Gasteiger partial charge in [-0.15, -0.1) is 0 Å². The fourth-order valence-corrected chi connectivity index (χ4v) is 2.50. The first-order valence-corrected chi connectivity index (χ1v) is 7.86. The molecule has 0 bridgehead atoms. The van der Waals surface area contributed by atoms with Crippen LogP contribution in [0.25, 0.3) is 0 Å². The zero-order chi connectivity index (χ0) is 18.7. The Morgan fingerprint density at radius 3 is 2.60 bits per heavy atom. The minimum Gasteiger partial charge on any atom is -0.458 e. The summed E-state index contributed by atoms with van der Waals surface area (Å²) in [5, 5.41) is 0. The number of carbonyl (C=O) groups is 3. The van der Waals surface area contributed by atoms with Crippen LogP contribution in [0.1, 0.15) is 36.7 Å². The summed E-state index contributed by atoms with van der Waals surface area (Å²) in [6.45, 7) is 8.55. The van der Waals surface area contributed by atoms with E-state index in [1.807, 2.05) is 0 Å². The molecule has 0 aliphatic heterocycles. The van der Waals surface area contributed by atoms with Crippen LogP contribution < -0.4 is 0 Å². The molecule has 0 saturated heterocycles. The van der Waals surface area contributed by atoms with Crippen molar-refractivity contribution in [1.29, 1.82) is 0 Å². The van der Waals surface area contributed by atoms with Crippen molar-refractivity contribution < 1.29 is 23.9 Å². The molecule has 0 aromatic heterocycles. The molecular weight excluding hydrogens is 320 g/mol. The van der Waals surface area contributed by atoms with Gasteiger partial charge in [0.2, 0.25) is 0 Å². The lowest BCUT2D eigenvalue weighted by Gasteiger charge is -2.26. The van der Waals surface area contributed by atoms with Gasteiger partial charge in [-0.25, -0.2) is 9.59 Å². The highest BCUT2D eigenvalue weighted by Gasteiger charge is 2.52. The Kier molecular flexibility index (Phi) is 5.13. The Balaban J connectivity index is 2.43. The molecule has 25 heavy (non-hydrogen) atoms. The van der Waals surface area contributed by atoms with E-state index in [9.17, 15) is 14.4 Å². The lowest BCUT2D eigenvalue weighted by Crippen LogP contribution is -2.41. The quantitative estimate of drug-likeness (QED) is 0.278. The average molecular weight is 340 g/mol. The summed E-state index contributed by atoms with van der Waals surface area (Å²) in [5.41, 5.74) is -1.40. The molecule has 1 aliphatic carbocycles. The molecule has 0 radical (unpaired) electrons. The van der Waals surface area contributed by atoms with Gasteiger partial charge in [0.1, 0.15) is 12.2 Å². The van der Waals surface area contributed by atoms with Crippen LogP contribution in [0.5, 0.6) is 0 Å². The van der Waals surface area contributed by atoms with Gasteiger partial charge >= 0.3 is 11.9 Å². The van der Waals surface area contributed by atoms with E-state index in [-0.39, 0.29) is 13.0 Å². The molecule has 0 saturated carbocycles. The molecule has 1 aromatic carbocycles. The van der Waals surface area contributed by atoms with Gasteiger partial charge in [-0.2, -0.15) is 0 Å². The number of fused-ring (bicyclic) bond motifs is 1. The number of benzene rings is 1. The Morgan fingerprint density at radius 2 is 2.00 bits per heavy atom. The van der Waals surface area contributed by atoms with Crippen LogP contribution in [0.4, 0.5) is 0 Å². The fraction of sp³-hybridized carbons (Fsp3) is 0.350. The third-order valence-corrected chi connectivity index (χ3v) is 3.56. The van der Waals surface area contributed by atoms with Crippen LogP contribution >= 0.6 is 0 Å². The van der Waals surface area contributed by atoms with Crippen molar-refractivity contribution in [2.45, 2.75) is 32.8 Å². The molecule has 0 unspecified atom stereocenters. The SMILES string of the molecule is C=CCOC(=O)C#C[C@@]1(C(=O)OC(C)(C)C)Cc2ccccc2C1=O. The maximum absolute atomic E-state index is 12.9. The number of hydrogen-bond acceptors (Lipinski definition) is 5. The van der Waals surface area contributed by atoms with Gasteiger partial charge in [-0.1, -0.05) is 42.8 Å². The van der Waals surface area contributed by atoms with E-state index in [1.54, 1.807) is 45.0 Å². The van der Waals surface area contributed by atoms with Crippen molar-refractivity contribution in [2.24, 2.45) is 5.41 Å². The van der Waals surface area contributed by atoms with Gasteiger partial charge in [0.25, 0.3) is 0 Å². The van der Waals surface area contributed by atoms with E-state index in [2.05, 4.69) is 18.4 Å². The molecule has 130 valence electrons. The van der Waals surface area contributed by atoms with E-state index in [0.717, 1.165) is 0 Å². The normalized spacial score (nSPS) is 18.6. The standard InChI is InChI=1S/C20H20O5/c1-5-12-24-16(21)10-11-20(18(23)25-19(2,3)4)13-14-8-6-7-9-15(14)17(20)22/h5-9H,1,12-13H2,2-4H3/t20-/m1/s1. The summed E-state index contributed by atoms with van der Waals surface area (Å²) in [4.78, 5) is 37.4. The predicted octanol–water partition coefficient (Wildman–Crippen LogP) is 2.49. The van der Waals surface area contributed by atoms with E-state index in [1.165, 1.54) is 6.08 Å². The van der Waals surface area contributed by atoms with Crippen LogP contribution in [0.15, 0.2) is 36.9 Å². The number of ketones is 1. The average Bonchev–Trinajstić information content (AvgIpc) is 2.83. The first-order valence-electron chi connectivity index (χ1n) is 7.86. The maximum atomic E-state index is 12.9. The van der Waals surface area contributed by atoms with Crippen molar-refractivity contribution >= 4 is 17.7 Å². The largest absolute Gasteiger partial charge is 0.458 e. The number of carbonyl (C=O) groups excluding carboxylic acids is 3. The Bertz CT molecular complexity index is 788. The van der Waals surface area contributed by atoms with Crippen molar-refractivity contribution in [3.63, 3.8) is 0 Å². The second-order valence-electron chi connectivity index (χ2n) is 6.71. The number of esters is 2. The third kappa shape index (κ3) is 3.97. The first kappa shape index (κ1) is 18.5. The zero-order valence-electron chi connectivity index (χ0n) is 14.5. The van der Waals surface area contributed by atoms with E-state index in [4.69, 9.17) is 9.47 Å². The first-order chi connectivity index (χ1) is 11.7. The van der Waals surface area contributed by atoms with Crippen LogP contribution in [0, 0.1) is 17.3 Å². The third-order valence-electron chi connectivity index (χ3n) is 3.56. The minimum atomic E-state index is -1.73. The molecule has 1 aromatic rings. The monoisotopic (exact) mass is 340 g/mol. The molecule has 0 fully saturated rings. The molecule has 1 aliphatic rings. The lowest BCUT2D eigenvalue weighted by molar-refractivity contribution is -0.161. The van der Waals surface area contributed by atoms with Gasteiger partial charge in [-0.3, -0.25) is 4.79 Å². The topological polar surface area (TPSA) is 69.7 Å². The summed E-state index contributed by atoms with van der Waals surface area (Å²) in [5.74, 6) is 2.75. The molecular formula is C20H20O5. The Morgan fingerprint density at radius 1 is 1.32 bits per heavy atom. The van der Waals surface area contributed by atoms with Crippen LogP contribution in [0.3, 0.4) is 0 Å². The van der Waals surface area contributed by atoms with Gasteiger partial charge in [0.15, 0.2) is 11.2 Å². The van der Waals surface area contributed by atoms with Crippen molar-refractivity contribution in [2.75, 3.05) is 6.61 Å². The molecule has 5 heteroatoms. The maximum Gasteiger partial charge on any atom is 0.384 e. The summed E-state index contributed by atoms with van der Waals surface area (Å²) in [6.07, 6.45) is 1.47. The van der Waals surface area contributed by atoms with Crippen LogP contribution in [-0.4, -0.2) is 29.9 Å². The van der Waals surface area contributed by atoms with Crippen LogP contribution in [-0.2, 0) is 25.5 Å². The molecule has 0 amide bonds. The number of Topliss-reactive ketones (excluding diaryl/α,β-unsaturated/α-hetero) is 1. The van der Waals surface area contributed by atoms with Gasteiger partial charge < -0.3 is 9.47 Å². The molecule has 2 rings (SSSR count). The van der Waals surface area contributed by atoms with Gasteiger partial charge in [0.05, 0.1) is 0 Å². The Labute approximate surface area is 147 Å². The second-order valence-corrected chi connectivity index (χ2v) is 6.71. The highest BCUT2D eigenvalue weighted by Crippen LogP contribution is 2.38. The second kappa shape index (κ2) is 6.94. The summed E-state index contributed by atoms with van der Waals surface area (Å²) >= 11 is 0. The number of ether oxygens (including phenoxy) is 2.